The number of benzene rings is 1. The van der Waals surface area contributed by atoms with Gasteiger partial charge in [0.25, 0.3) is 0 Å². The maximum Gasteiger partial charge on any atom is 0.302 e. The molecule has 0 N–H and O–H groups in total. The monoisotopic (exact) mass is 404 g/mol. The molecule has 0 bridgehead atoms. The fraction of sp³-hybridized carbons (Fsp3) is 0.607. The highest BCUT2D eigenvalue weighted by atomic mass is 16.5. The first-order valence-corrected chi connectivity index (χ1v) is 12.0. The van der Waals surface area contributed by atoms with Crippen molar-refractivity contribution in [2.24, 2.45) is 28.6 Å². The van der Waals surface area contributed by atoms with Crippen molar-refractivity contribution < 1.29 is 9.53 Å². The third kappa shape index (κ3) is 2.93. The standard InChI is InChI=1S/C28H36O2/c1-18-7-5-6-8-22(18)24-11-12-25-23-10-9-20-17-21(30-19(2)29)13-15-27(20,3)26(23)14-16-28(24,25)4/h5-9,11,21,23,25-26H,10,12-17H2,1-4H3. The molecule has 6 unspecified atom stereocenters. The molecule has 2 fully saturated rings. The Morgan fingerprint density at radius 3 is 2.53 bits per heavy atom. The number of allylic oxidation sites excluding steroid dienone is 3. The summed E-state index contributed by atoms with van der Waals surface area (Å²) in [6.07, 6.45) is 13.4. The molecule has 160 valence electrons. The summed E-state index contributed by atoms with van der Waals surface area (Å²) in [6.45, 7) is 8.88. The molecule has 2 saturated carbocycles. The minimum atomic E-state index is -0.132. The van der Waals surface area contributed by atoms with Crippen molar-refractivity contribution in [2.45, 2.75) is 78.7 Å². The zero-order valence-corrected chi connectivity index (χ0v) is 19.0. The third-order valence-electron chi connectivity index (χ3n) is 9.41. The normalized spacial score (nSPS) is 39.9. The third-order valence-corrected chi connectivity index (χ3v) is 9.41. The van der Waals surface area contributed by atoms with E-state index in [4.69, 9.17) is 4.74 Å². The summed E-state index contributed by atoms with van der Waals surface area (Å²) in [5, 5.41) is 0. The van der Waals surface area contributed by atoms with Gasteiger partial charge in [0.15, 0.2) is 0 Å². The van der Waals surface area contributed by atoms with Crippen LogP contribution in [0.1, 0.15) is 76.8 Å². The second-order valence-electron chi connectivity index (χ2n) is 10.9. The zero-order valence-electron chi connectivity index (χ0n) is 19.0. The van der Waals surface area contributed by atoms with Crippen molar-refractivity contribution in [2.75, 3.05) is 0 Å². The lowest BCUT2D eigenvalue weighted by Gasteiger charge is -2.58. The number of hydrogen-bond donors (Lipinski definition) is 0. The molecule has 0 amide bonds. The van der Waals surface area contributed by atoms with Gasteiger partial charge in [-0.2, -0.15) is 0 Å². The SMILES string of the molecule is CC(=O)OC1CCC2(C)C(=CCC3C2CCC2(C)C(c4ccccc4C)=CCC32)C1. The van der Waals surface area contributed by atoms with Crippen molar-refractivity contribution in [3.63, 3.8) is 0 Å². The smallest absolute Gasteiger partial charge is 0.302 e. The number of carbonyl (C=O) groups is 1. The molecule has 0 spiro atoms. The topological polar surface area (TPSA) is 26.3 Å². The number of ether oxygens (including phenoxy) is 1. The first kappa shape index (κ1) is 20.1. The molecule has 0 heterocycles. The van der Waals surface area contributed by atoms with E-state index < -0.39 is 0 Å². The first-order valence-electron chi connectivity index (χ1n) is 12.0. The number of fused-ring (bicyclic) bond motifs is 5. The molecule has 0 aromatic heterocycles. The van der Waals surface area contributed by atoms with Crippen LogP contribution in [0.2, 0.25) is 0 Å². The van der Waals surface area contributed by atoms with Crippen LogP contribution >= 0.6 is 0 Å². The van der Waals surface area contributed by atoms with E-state index in [9.17, 15) is 4.79 Å². The molecule has 1 aromatic carbocycles. The van der Waals surface area contributed by atoms with Gasteiger partial charge in [-0.3, -0.25) is 4.79 Å². The van der Waals surface area contributed by atoms with Crippen molar-refractivity contribution in [1.29, 1.82) is 0 Å². The summed E-state index contributed by atoms with van der Waals surface area (Å²) < 4.78 is 5.59. The summed E-state index contributed by atoms with van der Waals surface area (Å²) in [5.74, 6) is 2.18. The average molecular weight is 405 g/mol. The van der Waals surface area contributed by atoms with E-state index in [1.54, 1.807) is 18.1 Å². The summed E-state index contributed by atoms with van der Waals surface area (Å²) in [7, 11) is 0. The summed E-state index contributed by atoms with van der Waals surface area (Å²) >= 11 is 0. The Morgan fingerprint density at radius 2 is 1.77 bits per heavy atom. The molecule has 30 heavy (non-hydrogen) atoms. The van der Waals surface area contributed by atoms with E-state index in [1.807, 2.05) is 0 Å². The lowest BCUT2D eigenvalue weighted by atomic mass is 9.47. The molecule has 1 aromatic rings. The molecule has 0 aliphatic heterocycles. The molecule has 2 heteroatoms. The van der Waals surface area contributed by atoms with Gasteiger partial charge in [-0.25, -0.2) is 0 Å². The van der Waals surface area contributed by atoms with E-state index in [0.29, 0.717) is 10.8 Å². The van der Waals surface area contributed by atoms with Gasteiger partial charge in [0.05, 0.1) is 0 Å². The van der Waals surface area contributed by atoms with Crippen molar-refractivity contribution in [3.8, 4) is 0 Å². The highest BCUT2D eigenvalue weighted by Gasteiger charge is 2.57. The van der Waals surface area contributed by atoms with Crippen LogP contribution in [-0.2, 0) is 9.53 Å². The Bertz CT molecular complexity index is 924. The second kappa shape index (κ2) is 7.11. The van der Waals surface area contributed by atoms with Crippen LogP contribution in [0, 0.1) is 35.5 Å². The van der Waals surface area contributed by atoms with Crippen LogP contribution in [0.3, 0.4) is 0 Å². The minimum absolute atomic E-state index is 0.0908. The highest BCUT2D eigenvalue weighted by Crippen LogP contribution is 2.66. The van der Waals surface area contributed by atoms with E-state index in [0.717, 1.165) is 30.6 Å². The molecule has 0 saturated heterocycles. The molecule has 2 nitrogen and oxygen atoms in total. The number of carbonyl (C=O) groups excluding carboxylic acids is 1. The predicted octanol–water partition coefficient (Wildman–Crippen LogP) is 6.88. The summed E-state index contributed by atoms with van der Waals surface area (Å²) in [6, 6.07) is 8.95. The van der Waals surface area contributed by atoms with Gasteiger partial charge in [-0.05, 0) is 90.7 Å². The van der Waals surface area contributed by atoms with Crippen molar-refractivity contribution >= 4 is 11.5 Å². The maximum atomic E-state index is 11.5. The van der Waals surface area contributed by atoms with Crippen LogP contribution in [0.25, 0.3) is 5.57 Å². The number of rotatable bonds is 2. The Labute approximate surface area is 181 Å². The number of hydrogen-bond acceptors (Lipinski definition) is 2. The Balaban J connectivity index is 1.42. The van der Waals surface area contributed by atoms with Gasteiger partial charge >= 0.3 is 5.97 Å². The van der Waals surface area contributed by atoms with Crippen molar-refractivity contribution in [3.05, 3.63) is 53.1 Å². The number of aryl methyl sites for hydroxylation is 1. The predicted molar refractivity (Wildman–Crippen MR) is 122 cm³/mol. The maximum absolute atomic E-state index is 11.5. The van der Waals surface area contributed by atoms with Gasteiger partial charge < -0.3 is 4.74 Å². The lowest BCUT2D eigenvalue weighted by Crippen LogP contribution is -2.50. The zero-order chi connectivity index (χ0) is 21.1. The van der Waals surface area contributed by atoms with Gasteiger partial charge in [-0.15, -0.1) is 0 Å². The van der Waals surface area contributed by atoms with E-state index >= 15 is 0 Å². The largest absolute Gasteiger partial charge is 0.462 e. The Hall–Kier alpha value is -1.83. The molecule has 5 rings (SSSR count). The van der Waals surface area contributed by atoms with Crippen LogP contribution in [0.15, 0.2) is 42.0 Å². The molecule has 0 radical (unpaired) electrons. The molecule has 4 aliphatic carbocycles. The molecular formula is C28H36O2. The van der Waals surface area contributed by atoms with E-state index in [-0.39, 0.29) is 12.1 Å². The fourth-order valence-corrected chi connectivity index (χ4v) is 7.82. The lowest BCUT2D eigenvalue weighted by molar-refractivity contribution is -0.148. The summed E-state index contributed by atoms with van der Waals surface area (Å²) in [4.78, 5) is 11.5. The Kier molecular flexibility index (Phi) is 4.76. The molecule has 4 aliphatic rings. The van der Waals surface area contributed by atoms with E-state index in [1.165, 1.54) is 43.2 Å². The summed E-state index contributed by atoms with van der Waals surface area (Å²) in [5.41, 5.74) is 6.68. The van der Waals surface area contributed by atoms with Gasteiger partial charge in [-0.1, -0.05) is 55.8 Å². The highest BCUT2D eigenvalue weighted by molar-refractivity contribution is 5.75. The van der Waals surface area contributed by atoms with Gasteiger partial charge in [0, 0.05) is 13.3 Å². The minimum Gasteiger partial charge on any atom is -0.462 e. The van der Waals surface area contributed by atoms with Crippen LogP contribution < -0.4 is 0 Å². The van der Waals surface area contributed by atoms with Crippen LogP contribution in [0.5, 0.6) is 0 Å². The second-order valence-corrected chi connectivity index (χ2v) is 10.9. The van der Waals surface area contributed by atoms with E-state index in [2.05, 4.69) is 57.2 Å². The first-order chi connectivity index (χ1) is 14.3. The molecule has 6 atom stereocenters. The Morgan fingerprint density at radius 1 is 1.00 bits per heavy atom. The number of esters is 1. The van der Waals surface area contributed by atoms with Crippen LogP contribution in [-0.4, -0.2) is 12.1 Å². The molecular weight excluding hydrogens is 368 g/mol. The van der Waals surface area contributed by atoms with Gasteiger partial charge in [0.2, 0.25) is 0 Å². The van der Waals surface area contributed by atoms with Crippen molar-refractivity contribution in [1.82, 2.24) is 0 Å². The fourth-order valence-electron chi connectivity index (χ4n) is 7.82. The van der Waals surface area contributed by atoms with Crippen LogP contribution in [0.4, 0.5) is 0 Å². The average Bonchev–Trinajstić information content (AvgIpc) is 3.05. The van der Waals surface area contributed by atoms with Gasteiger partial charge in [0.1, 0.15) is 6.10 Å². The quantitative estimate of drug-likeness (QED) is 0.396.